The molecule has 0 radical (unpaired) electrons. The summed E-state index contributed by atoms with van der Waals surface area (Å²) < 4.78 is 40.7. The molecular formula is C22H23F3N4O3S. The van der Waals surface area contributed by atoms with Crippen molar-refractivity contribution < 1.29 is 22.8 Å². The molecule has 7 nitrogen and oxygen atoms in total. The number of anilines is 1. The van der Waals surface area contributed by atoms with Crippen molar-refractivity contribution in [1.29, 1.82) is 0 Å². The summed E-state index contributed by atoms with van der Waals surface area (Å²) in [5, 5.41) is 2.76. The molecule has 11 heteroatoms. The number of aromatic nitrogens is 2. The van der Waals surface area contributed by atoms with Crippen LogP contribution in [0.1, 0.15) is 29.3 Å². The number of fused-ring (bicyclic) bond motifs is 1. The van der Waals surface area contributed by atoms with E-state index in [0.717, 1.165) is 22.6 Å². The molecular weight excluding hydrogens is 457 g/mol. The molecule has 2 heterocycles. The number of likely N-dealkylation sites (N-methyl/N-ethyl adjacent to an activating group) is 1. The first kappa shape index (κ1) is 24.4. The summed E-state index contributed by atoms with van der Waals surface area (Å²) in [6.07, 6.45) is -3.29. The third-order valence-electron chi connectivity index (χ3n) is 5.30. The van der Waals surface area contributed by atoms with Crippen molar-refractivity contribution in [3.8, 4) is 0 Å². The van der Waals surface area contributed by atoms with Gasteiger partial charge in [-0.05, 0) is 38.5 Å². The van der Waals surface area contributed by atoms with Crippen LogP contribution in [0.5, 0.6) is 0 Å². The maximum absolute atomic E-state index is 13.1. The van der Waals surface area contributed by atoms with Gasteiger partial charge in [-0.15, -0.1) is 11.3 Å². The fourth-order valence-corrected chi connectivity index (χ4v) is 4.37. The highest BCUT2D eigenvalue weighted by Gasteiger charge is 2.33. The van der Waals surface area contributed by atoms with Gasteiger partial charge in [-0.25, -0.2) is 4.98 Å². The van der Waals surface area contributed by atoms with Gasteiger partial charge in [0.2, 0.25) is 11.8 Å². The van der Waals surface area contributed by atoms with Gasteiger partial charge in [-0.3, -0.25) is 19.0 Å². The summed E-state index contributed by atoms with van der Waals surface area (Å²) in [7, 11) is 0. The molecule has 176 valence electrons. The molecule has 0 spiro atoms. The Bertz CT molecular complexity index is 1250. The molecule has 0 aliphatic rings. The molecule has 3 aromatic rings. The van der Waals surface area contributed by atoms with Crippen LogP contribution in [0, 0.1) is 13.8 Å². The summed E-state index contributed by atoms with van der Waals surface area (Å²) in [6.45, 7) is 5.27. The van der Waals surface area contributed by atoms with E-state index in [0.29, 0.717) is 10.2 Å². The minimum Gasteiger partial charge on any atom is -0.334 e. The highest BCUT2D eigenvalue weighted by Crippen LogP contribution is 2.34. The number of alkyl halides is 3. The lowest BCUT2D eigenvalue weighted by Crippen LogP contribution is -2.38. The molecule has 0 fully saturated rings. The van der Waals surface area contributed by atoms with Crippen LogP contribution in [0.25, 0.3) is 10.2 Å². The number of para-hydroxylation sites is 1. The van der Waals surface area contributed by atoms with E-state index in [9.17, 15) is 27.6 Å². The van der Waals surface area contributed by atoms with Crippen molar-refractivity contribution >= 4 is 39.1 Å². The third kappa shape index (κ3) is 5.41. The van der Waals surface area contributed by atoms with Gasteiger partial charge in [-0.1, -0.05) is 12.1 Å². The number of carbonyl (C=O) groups is 2. The van der Waals surface area contributed by atoms with E-state index in [1.165, 1.54) is 39.3 Å². The fourth-order valence-electron chi connectivity index (χ4n) is 3.38. The second-order valence-corrected chi connectivity index (χ2v) is 8.66. The lowest BCUT2D eigenvalue weighted by molar-refractivity contribution is -0.137. The van der Waals surface area contributed by atoms with Crippen molar-refractivity contribution in [3.05, 3.63) is 57.0 Å². The molecule has 33 heavy (non-hydrogen) atoms. The predicted octanol–water partition coefficient (Wildman–Crippen LogP) is 3.97. The summed E-state index contributed by atoms with van der Waals surface area (Å²) in [5.41, 5.74) is -0.710. The Balaban J connectivity index is 1.66. The third-order valence-corrected chi connectivity index (χ3v) is 6.41. The number of nitrogens with zero attached hydrogens (tertiary/aromatic N) is 3. The van der Waals surface area contributed by atoms with Crippen LogP contribution in [0.2, 0.25) is 0 Å². The van der Waals surface area contributed by atoms with Crippen LogP contribution in [-0.2, 0) is 22.3 Å². The molecule has 3 rings (SSSR count). The Morgan fingerprint density at radius 3 is 2.58 bits per heavy atom. The fraction of sp³-hybridized carbons (Fsp3) is 0.364. The summed E-state index contributed by atoms with van der Waals surface area (Å²) in [4.78, 5) is 44.9. The van der Waals surface area contributed by atoms with Crippen LogP contribution >= 0.6 is 11.3 Å². The summed E-state index contributed by atoms with van der Waals surface area (Å²) in [5.74, 6) is -1.14. The maximum atomic E-state index is 13.1. The number of thiophene rings is 1. The van der Waals surface area contributed by atoms with Crippen molar-refractivity contribution in [1.82, 2.24) is 14.5 Å². The second kappa shape index (κ2) is 9.74. The molecule has 1 N–H and O–H groups in total. The number of benzene rings is 1. The number of carbonyl (C=O) groups excluding carboxylic acids is 2. The normalized spacial score (nSPS) is 11.6. The topological polar surface area (TPSA) is 84.3 Å². The predicted molar refractivity (Wildman–Crippen MR) is 120 cm³/mol. The number of amides is 2. The van der Waals surface area contributed by atoms with Gasteiger partial charge < -0.3 is 10.2 Å². The number of hydrogen-bond donors (Lipinski definition) is 1. The first-order chi connectivity index (χ1) is 15.5. The maximum Gasteiger partial charge on any atom is 0.418 e. The highest BCUT2D eigenvalue weighted by atomic mass is 32.1. The molecule has 0 atom stereocenters. The van der Waals surface area contributed by atoms with E-state index in [-0.39, 0.29) is 30.8 Å². The van der Waals surface area contributed by atoms with E-state index in [1.807, 2.05) is 13.8 Å². The molecule has 1 aromatic carbocycles. The van der Waals surface area contributed by atoms with Crippen molar-refractivity contribution in [3.63, 3.8) is 0 Å². The Morgan fingerprint density at radius 2 is 1.91 bits per heavy atom. The van der Waals surface area contributed by atoms with Gasteiger partial charge in [-0.2, -0.15) is 13.2 Å². The standard InChI is InChI=1S/C22H23F3N4O3S/c1-4-28(11-17(30)27-16-8-6-5-7-15(16)22(23,24)25)18(31)9-10-29-12-26-20-19(21(29)32)13(2)14(3)33-20/h5-8,12H,4,9-11H2,1-3H3,(H,27,30). The van der Waals surface area contributed by atoms with E-state index >= 15 is 0 Å². The van der Waals surface area contributed by atoms with Gasteiger partial charge in [0.05, 0.1) is 29.5 Å². The van der Waals surface area contributed by atoms with Crippen LogP contribution < -0.4 is 10.9 Å². The monoisotopic (exact) mass is 480 g/mol. The van der Waals surface area contributed by atoms with Crippen LogP contribution in [-0.4, -0.2) is 39.4 Å². The molecule has 0 saturated carbocycles. The highest BCUT2D eigenvalue weighted by molar-refractivity contribution is 7.18. The minimum atomic E-state index is -4.62. The Morgan fingerprint density at radius 1 is 1.21 bits per heavy atom. The van der Waals surface area contributed by atoms with Crippen LogP contribution in [0.15, 0.2) is 35.4 Å². The van der Waals surface area contributed by atoms with Gasteiger partial charge in [0.15, 0.2) is 0 Å². The van der Waals surface area contributed by atoms with Gasteiger partial charge in [0.25, 0.3) is 5.56 Å². The molecule has 0 unspecified atom stereocenters. The smallest absolute Gasteiger partial charge is 0.334 e. The quantitative estimate of drug-likeness (QED) is 0.555. The van der Waals surface area contributed by atoms with E-state index < -0.39 is 30.1 Å². The molecule has 0 saturated heterocycles. The summed E-state index contributed by atoms with van der Waals surface area (Å²) >= 11 is 1.43. The SMILES string of the molecule is CCN(CC(=O)Nc1ccccc1C(F)(F)F)C(=O)CCn1cnc2sc(C)c(C)c2c1=O. The summed E-state index contributed by atoms with van der Waals surface area (Å²) in [6, 6.07) is 4.64. The van der Waals surface area contributed by atoms with E-state index in [1.54, 1.807) is 6.92 Å². The lowest BCUT2D eigenvalue weighted by atomic mass is 10.1. The Kier molecular flexibility index (Phi) is 7.21. The molecule has 0 aliphatic carbocycles. The number of nitrogens with one attached hydrogen (secondary N) is 1. The van der Waals surface area contributed by atoms with Crippen LogP contribution in [0.3, 0.4) is 0 Å². The van der Waals surface area contributed by atoms with Gasteiger partial charge >= 0.3 is 6.18 Å². The number of aryl methyl sites for hydroxylation is 3. The van der Waals surface area contributed by atoms with Crippen molar-refractivity contribution in [2.75, 3.05) is 18.4 Å². The Labute approximate surface area is 191 Å². The molecule has 2 aromatic heterocycles. The number of halogens is 3. The van der Waals surface area contributed by atoms with Gasteiger partial charge in [0.1, 0.15) is 4.83 Å². The van der Waals surface area contributed by atoms with E-state index in [2.05, 4.69) is 10.3 Å². The minimum absolute atomic E-state index is 0.0600. The zero-order valence-electron chi connectivity index (χ0n) is 18.3. The number of rotatable bonds is 7. The lowest BCUT2D eigenvalue weighted by Gasteiger charge is -2.21. The van der Waals surface area contributed by atoms with Crippen molar-refractivity contribution in [2.24, 2.45) is 0 Å². The van der Waals surface area contributed by atoms with Crippen molar-refractivity contribution in [2.45, 2.75) is 39.9 Å². The van der Waals surface area contributed by atoms with Gasteiger partial charge in [0, 0.05) is 24.4 Å². The first-order valence-corrected chi connectivity index (χ1v) is 11.0. The molecule has 0 aliphatic heterocycles. The average molecular weight is 481 g/mol. The Hall–Kier alpha value is -3.21. The average Bonchev–Trinajstić information content (AvgIpc) is 3.05. The second-order valence-electron chi connectivity index (χ2n) is 7.46. The number of hydrogen-bond acceptors (Lipinski definition) is 5. The van der Waals surface area contributed by atoms with E-state index in [4.69, 9.17) is 0 Å². The first-order valence-electron chi connectivity index (χ1n) is 10.2. The molecule has 2 amide bonds. The largest absolute Gasteiger partial charge is 0.418 e. The molecule has 0 bridgehead atoms. The zero-order chi connectivity index (χ0) is 24.3. The zero-order valence-corrected chi connectivity index (χ0v) is 19.1. The van der Waals surface area contributed by atoms with Crippen LogP contribution in [0.4, 0.5) is 18.9 Å².